The molecule has 0 saturated carbocycles. The molecule has 6 heteroatoms. The average Bonchev–Trinajstić information content (AvgIpc) is 2.14. The van der Waals surface area contributed by atoms with Gasteiger partial charge in [0.2, 0.25) is 0 Å². The number of sulfone groups is 1. The fourth-order valence-electron chi connectivity index (χ4n) is 1.08. The number of nitrogens with zero attached hydrogens (tertiary/aromatic N) is 1. The predicted octanol–water partition coefficient (Wildman–Crippen LogP) is 1.20. The second-order valence-corrected chi connectivity index (χ2v) is 6.00. The third-order valence-electron chi connectivity index (χ3n) is 1.90. The first kappa shape index (κ1) is 12.4. The van der Waals surface area contributed by atoms with Crippen LogP contribution in [0.15, 0.2) is 18.3 Å². The molecule has 1 N–H and O–H groups in total. The van der Waals surface area contributed by atoms with Crippen molar-refractivity contribution in [1.29, 1.82) is 0 Å². The minimum Gasteiger partial charge on any atom is -0.388 e. The molecular weight excluding hydrogens is 238 g/mol. The Labute approximate surface area is 93.8 Å². The van der Waals surface area contributed by atoms with E-state index in [2.05, 4.69) is 4.98 Å². The smallest absolute Gasteiger partial charge is 0.147 e. The third-order valence-corrected chi connectivity index (χ3v) is 3.10. The van der Waals surface area contributed by atoms with Crippen LogP contribution in [0.3, 0.4) is 0 Å². The Hall–Kier alpha value is -0.650. The number of hydrogen-bond donors (Lipinski definition) is 1. The highest BCUT2D eigenvalue weighted by Crippen LogP contribution is 2.17. The fourth-order valence-corrected chi connectivity index (χ4v) is 1.84. The summed E-state index contributed by atoms with van der Waals surface area (Å²) in [5, 5.41) is 9.97. The summed E-state index contributed by atoms with van der Waals surface area (Å²) in [6.45, 7) is 0. The van der Waals surface area contributed by atoms with E-state index in [1.54, 1.807) is 12.1 Å². The SMILES string of the molecule is CS(=O)(=O)CCC(O)c1ccc(Cl)nc1. The van der Waals surface area contributed by atoms with Gasteiger partial charge in [-0.05, 0) is 18.1 Å². The first-order valence-electron chi connectivity index (χ1n) is 4.36. The summed E-state index contributed by atoms with van der Waals surface area (Å²) >= 11 is 5.58. The normalized spacial score (nSPS) is 13.8. The number of hydrogen-bond acceptors (Lipinski definition) is 4. The molecule has 0 amide bonds. The third kappa shape index (κ3) is 4.59. The van der Waals surface area contributed by atoms with Crippen LogP contribution >= 0.6 is 11.6 Å². The van der Waals surface area contributed by atoms with Crippen molar-refractivity contribution in [1.82, 2.24) is 4.98 Å². The molecule has 0 saturated heterocycles. The Morgan fingerprint density at radius 2 is 2.20 bits per heavy atom. The zero-order chi connectivity index (χ0) is 11.5. The summed E-state index contributed by atoms with van der Waals surface area (Å²) in [6, 6.07) is 3.18. The Bertz CT molecular complexity index is 415. The summed E-state index contributed by atoms with van der Waals surface area (Å²) in [4.78, 5) is 3.80. The first-order chi connectivity index (χ1) is 6.88. The molecule has 1 atom stereocenters. The summed E-state index contributed by atoms with van der Waals surface area (Å²) in [5.41, 5.74) is 0.572. The monoisotopic (exact) mass is 249 g/mol. The highest BCUT2D eigenvalue weighted by atomic mass is 35.5. The molecule has 1 heterocycles. The van der Waals surface area contributed by atoms with Gasteiger partial charge < -0.3 is 5.11 Å². The molecule has 0 radical (unpaired) electrons. The van der Waals surface area contributed by atoms with Gasteiger partial charge in [0.25, 0.3) is 0 Å². The van der Waals surface area contributed by atoms with Gasteiger partial charge in [0.05, 0.1) is 11.9 Å². The predicted molar refractivity (Wildman–Crippen MR) is 58.5 cm³/mol. The molecule has 0 fully saturated rings. The number of rotatable bonds is 4. The minimum absolute atomic E-state index is 0.0448. The largest absolute Gasteiger partial charge is 0.388 e. The van der Waals surface area contributed by atoms with Gasteiger partial charge in [-0.1, -0.05) is 17.7 Å². The molecule has 0 spiro atoms. The van der Waals surface area contributed by atoms with Crippen molar-refractivity contribution in [3.05, 3.63) is 29.0 Å². The summed E-state index contributed by atoms with van der Waals surface area (Å²) in [5.74, 6) is -0.0448. The maximum atomic E-state index is 10.9. The van der Waals surface area contributed by atoms with Gasteiger partial charge in [-0.3, -0.25) is 0 Å². The maximum Gasteiger partial charge on any atom is 0.147 e. The summed E-state index contributed by atoms with van der Waals surface area (Å²) < 4.78 is 21.7. The summed E-state index contributed by atoms with van der Waals surface area (Å²) in [7, 11) is -3.04. The molecule has 1 aromatic heterocycles. The summed E-state index contributed by atoms with van der Waals surface area (Å²) in [6.07, 6.45) is 1.93. The second-order valence-electron chi connectivity index (χ2n) is 3.35. The molecule has 15 heavy (non-hydrogen) atoms. The number of aliphatic hydroxyl groups excluding tert-OH is 1. The fraction of sp³-hybridized carbons (Fsp3) is 0.444. The highest BCUT2D eigenvalue weighted by molar-refractivity contribution is 7.90. The molecule has 1 aromatic rings. The maximum absolute atomic E-state index is 10.9. The van der Waals surface area contributed by atoms with Crippen molar-refractivity contribution in [2.75, 3.05) is 12.0 Å². The molecule has 1 unspecified atom stereocenters. The minimum atomic E-state index is -3.04. The molecular formula is C9H12ClNO3S. The van der Waals surface area contributed by atoms with E-state index in [0.29, 0.717) is 10.7 Å². The van der Waals surface area contributed by atoms with Crippen LogP contribution in [0, 0.1) is 0 Å². The molecule has 4 nitrogen and oxygen atoms in total. The molecule has 0 aliphatic rings. The van der Waals surface area contributed by atoms with E-state index in [4.69, 9.17) is 11.6 Å². The molecule has 0 aliphatic heterocycles. The van der Waals surface area contributed by atoms with Crippen LogP contribution in [-0.2, 0) is 9.84 Å². The number of pyridine rings is 1. The zero-order valence-electron chi connectivity index (χ0n) is 8.22. The van der Waals surface area contributed by atoms with Crippen LogP contribution in [0.2, 0.25) is 5.15 Å². The van der Waals surface area contributed by atoms with Crippen molar-refractivity contribution in [3.63, 3.8) is 0 Å². The number of halogens is 1. The lowest BCUT2D eigenvalue weighted by Crippen LogP contribution is -2.08. The second kappa shape index (κ2) is 4.92. The topological polar surface area (TPSA) is 67.3 Å². The van der Waals surface area contributed by atoms with Crippen molar-refractivity contribution in [2.45, 2.75) is 12.5 Å². The van der Waals surface area contributed by atoms with E-state index < -0.39 is 15.9 Å². The van der Waals surface area contributed by atoms with Crippen LogP contribution in [0.25, 0.3) is 0 Å². The lowest BCUT2D eigenvalue weighted by molar-refractivity contribution is 0.174. The molecule has 84 valence electrons. The van der Waals surface area contributed by atoms with Crippen molar-refractivity contribution in [3.8, 4) is 0 Å². The molecule has 0 bridgehead atoms. The quantitative estimate of drug-likeness (QED) is 0.815. The molecule has 0 aromatic carbocycles. The van der Waals surface area contributed by atoms with E-state index in [0.717, 1.165) is 6.26 Å². The van der Waals surface area contributed by atoms with Crippen molar-refractivity contribution < 1.29 is 13.5 Å². The highest BCUT2D eigenvalue weighted by Gasteiger charge is 2.11. The molecule has 1 rings (SSSR count). The van der Waals surface area contributed by atoms with E-state index in [1.807, 2.05) is 0 Å². The van der Waals surface area contributed by atoms with Gasteiger partial charge >= 0.3 is 0 Å². The van der Waals surface area contributed by atoms with Gasteiger partial charge in [-0.15, -0.1) is 0 Å². The number of aromatic nitrogens is 1. The Kier molecular flexibility index (Phi) is 4.07. The molecule has 0 aliphatic carbocycles. The van der Waals surface area contributed by atoms with E-state index in [1.165, 1.54) is 6.20 Å². The van der Waals surface area contributed by atoms with Crippen molar-refractivity contribution >= 4 is 21.4 Å². The van der Waals surface area contributed by atoms with Crippen LogP contribution < -0.4 is 0 Å². The van der Waals surface area contributed by atoms with Gasteiger partial charge in [0, 0.05) is 12.5 Å². The lowest BCUT2D eigenvalue weighted by Gasteiger charge is -2.09. The zero-order valence-corrected chi connectivity index (χ0v) is 9.79. The number of aliphatic hydroxyl groups is 1. The van der Waals surface area contributed by atoms with Gasteiger partial charge in [0.15, 0.2) is 0 Å². The van der Waals surface area contributed by atoms with Crippen LogP contribution in [0.4, 0.5) is 0 Å². The van der Waals surface area contributed by atoms with Gasteiger partial charge in [0.1, 0.15) is 15.0 Å². The van der Waals surface area contributed by atoms with E-state index in [9.17, 15) is 13.5 Å². The van der Waals surface area contributed by atoms with E-state index in [-0.39, 0.29) is 12.2 Å². The standard InChI is InChI=1S/C9H12ClNO3S/c1-15(13,14)5-4-8(12)7-2-3-9(10)11-6-7/h2-3,6,8,12H,4-5H2,1H3. The Morgan fingerprint density at radius 1 is 1.53 bits per heavy atom. The van der Waals surface area contributed by atoms with Gasteiger partial charge in [-0.2, -0.15) is 0 Å². The van der Waals surface area contributed by atoms with Crippen LogP contribution in [0.1, 0.15) is 18.1 Å². The lowest BCUT2D eigenvalue weighted by atomic mass is 10.1. The van der Waals surface area contributed by atoms with E-state index >= 15 is 0 Å². The Morgan fingerprint density at radius 3 is 2.67 bits per heavy atom. The van der Waals surface area contributed by atoms with Gasteiger partial charge in [-0.25, -0.2) is 13.4 Å². The Balaban J connectivity index is 2.61. The first-order valence-corrected chi connectivity index (χ1v) is 6.79. The van der Waals surface area contributed by atoms with Crippen LogP contribution in [0.5, 0.6) is 0 Å². The van der Waals surface area contributed by atoms with Crippen LogP contribution in [-0.4, -0.2) is 30.5 Å². The van der Waals surface area contributed by atoms with Crippen molar-refractivity contribution in [2.24, 2.45) is 0 Å². The average molecular weight is 250 g/mol.